The Kier molecular flexibility index (Phi) is 6.37. The van der Waals surface area contributed by atoms with E-state index in [1.54, 1.807) is 41.3 Å². The third-order valence-electron chi connectivity index (χ3n) is 5.70. The second-order valence-electron chi connectivity index (χ2n) is 7.85. The number of hydrogen-bond acceptors (Lipinski definition) is 6. The van der Waals surface area contributed by atoms with Crippen molar-refractivity contribution >= 4 is 22.7 Å². The molecular formula is C25H26N2O5. The SMILES string of the molecule is CCOc1ccc2oc(=O)cc(CN3CCN(C(=O)c4ccccc4C(C)=O)CC3)c2c1. The normalized spacial score (nSPS) is 14.5. The lowest BCUT2D eigenvalue weighted by molar-refractivity contribution is 0.0625. The van der Waals surface area contributed by atoms with Crippen molar-refractivity contribution in [2.45, 2.75) is 20.4 Å². The summed E-state index contributed by atoms with van der Waals surface area (Å²) in [5.41, 5.74) is 1.92. The molecule has 1 amide bonds. The number of nitrogens with zero attached hydrogens (tertiary/aromatic N) is 2. The zero-order chi connectivity index (χ0) is 22.7. The van der Waals surface area contributed by atoms with E-state index >= 15 is 0 Å². The number of hydrogen-bond donors (Lipinski definition) is 0. The second-order valence-corrected chi connectivity index (χ2v) is 7.85. The van der Waals surface area contributed by atoms with Crippen LogP contribution in [0.1, 0.15) is 40.1 Å². The maximum atomic E-state index is 13.0. The minimum absolute atomic E-state index is 0.117. The minimum atomic E-state index is -0.383. The number of ether oxygens (including phenoxy) is 1. The first-order valence-corrected chi connectivity index (χ1v) is 10.8. The monoisotopic (exact) mass is 434 g/mol. The van der Waals surface area contributed by atoms with Gasteiger partial charge >= 0.3 is 5.63 Å². The van der Waals surface area contributed by atoms with Crippen LogP contribution in [0, 0.1) is 0 Å². The van der Waals surface area contributed by atoms with Crippen LogP contribution in [-0.2, 0) is 6.54 Å². The van der Waals surface area contributed by atoms with Gasteiger partial charge in [0, 0.05) is 49.7 Å². The molecule has 0 saturated carbocycles. The maximum Gasteiger partial charge on any atom is 0.336 e. The van der Waals surface area contributed by atoms with Crippen LogP contribution >= 0.6 is 0 Å². The van der Waals surface area contributed by atoms with Crippen LogP contribution in [-0.4, -0.2) is 54.3 Å². The van der Waals surface area contributed by atoms with Gasteiger partial charge in [0.05, 0.1) is 12.2 Å². The largest absolute Gasteiger partial charge is 0.494 e. The molecule has 7 heteroatoms. The number of amides is 1. The van der Waals surface area contributed by atoms with E-state index in [0.29, 0.717) is 56.0 Å². The highest BCUT2D eigenvalue weighted by atomic mass is 16.5. The second kappa shape index (κ2) is 9.36. The molecule has 3 aromatic rings. The lowest BCUT2D eigenvalue weighted by atomic mass is 10.0. The molecule has 1 aliphatic rings. The molecule has 0 radical (unpaired) electrons. The molecule has 1 aliphatic heterocycles. The van der Waals surface area contributed by atoms with E-state index in [0.717, 1.165) is 16.7 Å². The van der Waals surface area contributed by atoms with Crippen molar-refractivity contribution in [2.75, 3.05) is 32.8 Å². The van der Waals surface area contributed by atoms with Crippen molar-refractivity contribution in [1.29, 1.82) is 0 Å². The van der Waals surface area contributed by atoms with E-state index in [2.05, 4.69) is 4.90 Å². The van der Waals surface area contributed by atoms with Crippen LogP contribution in [0.15, 0.2) is 57.7 Å². The molecule has 0 N–H and O–H groups in total. The summed E-state index contributed by atoms with van der Waals surface area (Å²) in [6, 6.07) is 13.9. The third kappa shape index (κ3) is 4.57. The fourth-order valence-corrected chi connectivity index (χ4v) is 4.09. The third-order valence-corrected chi connectivity index (χ3v) is 5.70. The summed E-state index contributed by atoms with van der Waals surface area (Å²) >= 11 is 0. The van der Waals surface area contributed by atoms with E-state index < -0.39 is 0 Å². The fourth-order valence-electron chi connectivity index (χ4n) is 4.09. The Hall–Kier alpha value is -3.45. The maximum absolute atomic E-state index is 13.0. The molecule has 166 valence electrons. The molecular weight excluding hydrogens is 408 g/mol. The molecule has 4 rings (SSSR count). The molecule has 0 atom stereocenters. The Bertz CT molecular complexity index is 1210. The number of fused-ring (bicyclic) bond motifs is 1. The zero-order valence-electron chi connectivity index (χ0n) is 18.3. The number of piperazine rings is 1. The Morgan fingerprint density at radius 2 is 1.72 bits per heavy atom. The number of ketones is 1. The van der Waals surface area contributed by atoms with Crippen molar-refractivity contribution in [1.82, 2.24) is 9.80 Å². The predicted octanol–water partition coefficient (Wildman–Crippen LogP) is 3.35. The first-order chi connectivity index (χ1) is 15.5. The van der Waals surface area contributed by atoms with E-state index in [9.17, 15) is 14.4 Å². The van der Waals surface area contributed by atoms with Crippen LogP contribution in [0.3, 0.4) is 0 Å². The topological polar surface area (TPSA) is 80.1 Å². The molecule has 0 aliphatic carbocycles. The summed E-state index contributed by atoms with van der Waals surface area (Å²) in [5, 5.41) is 0.851. The number of benzene rings is 2. The summed E-state index contributed by atoms with van der Waals surface area (Å²) in [5.74, 6) is 0.492. The van der Waals surface area contributed by atoms with Gasteiger partial charge in [0.25, 0.3) is 5.91 Å². The van der Waals surface area contributed by atoms with E-state index in [1.165, 1.54) is 13.0 Å². The highest BCUT2D eigenvalue weighted by Crippen LogP contribution is 2.24. The first kappa shape index (κ1) is 21.8. The predicted molar refractivity (Wildman–Crippen MR) is 121 cm³/mol. The summed E-state index contributed by atoms with van der Waals surface area (Å²) in [7, 11) is 0. The highest BCUT2D eigenvalue weighted by Gasteiger charge is 2.25. The summed E-state index contributed by atoms with van der Waals surface area (Å²) in [6.07, 6.45) is 0. The van der Waals surface area contributed by atoms with Gasteiger partial charge in [-0.15, -0.1) is 0 Å². The fraction of sp³-hybridized carbons (Fsp3) is 0.320. The molecule has 7 nitrogen and oxygen atoms in total. The standard InChI is InChI=1S/C25H26N2O5/c1-3-31-19-8-9-23-22(15-19)18(14-24(29)32-23)16-26-10-12-27(13-11-26)25(30)21-7-5-4-6-20(21)17(2)28/h4-9,14-15H,3,10-13,16H2,1-2H3. The van der Waals surface area contributed by atoms with E-state index in [-0.39, 0.29) is 17.3 Å². The van der Waals surface area contributed by atoms with Crippen molar-refractivity contribution in [3.8, 4) is 5.75 Å². The van der Waals surface area contributed by atoms with Gasteiger partial charge in [-0.05, 0) is 43.7 Å². The Morgan fingerprint density at radius 3 is 2.41 bits per heavy atom. The molecule has 32 heavy (non-hydrogen) atoms. The van der Waals surface area contributed by atoms with Crippen LogP contribution in [0.4, 0.5) is 0 Å². The average molecular weight is 434 g/mol. The van der Waals surface area contributed by atoms with Crippen LogP contribution < -0.4 is 10.4 Å². The number of carbonyl (C=O) groups is 2. The molecule has 2 aromatic carbocycles. The molecule has 2 heterocycles. The van der Waals surface area contributed by atoms with Crippen LogP contribution in [0.25, 0.3) is 11.0 Å². The Balaban J connectivity index is 1.48. The molecule has 1 fully saturated rings. The highest BCUT2D eigenvalue weighted by molar-refractivity contribution is 6.07. The van der Waals surface area contributed by atoms with Crippen molar-refractivity contribution in [3.63, 3.8) is 0 Å². The molecule has 0 unspecified atom stereocenters. The Morgan fingerprint density at radius 1 is 1.00 bits per heavy atom. The Labute approximate surface area is 186 Å². The van der Waals surface area contributed by atoms with Crippen molar-refractivity contribution in [3.05, 3.63) is 75.6 Å². The molecule has 1 saturated heterocycles. The van der Waals surface area contributed by atoms with Gasteiger partial charge in [-0.3, -0.25) is 14.5 Å². The molecule has 0 bridgehead atoms. The first-order valence-electron chi connectivity index (χ1n) is 10.8. The van der Waals surface area contributed by atoms with Gasteiger partial charge in [-0.2, -0.15) is 0 Å². The summed E-state index contributed by atoms with van der Waals surface area (Å²) in [6.45, 7) is 6.96. The zero-order valence-corrected chi connectivity index (χ0v) is 18.3. The lowest BCUT2D eigenvalue weighted by Gasteiger charge is -2.35. The summed E-state index contributed by atoms with van der Waals surface area (Å²) in [4.78, 5) is 40.9. The van der Waals surface area contributed by atoms with Gasteiger partial charge in [-0.25, -0.2) is 4.79 Å². The number of Topliss-reactive ketones (excluding diaryl/α,β-unsaturated/α-hetero) is 1. The molecule has 0 spiro atoms. The quantitative estimate of drug-likeness (QED) is 0.437. The number of rotatable bonds is 6. The number of carbonyl (C=O) groups excluding carboxylic acids is 2. The average Bonchev–Trinajstić information content (AvgIpc) is 2.79. The molecule has 1 aromatic heterocycles. The smallest absolute Gasteiger partial charge is 0.336 e. The van der Waals surface area contributed by atoms with Gasteiger partial charge in [0.1, 0.15) is 11.3 Å². The van der Waals surface area contributed by atoms with Crippen molar-refractivity contribution < 1.29 is 18.7 Å². The van der Waals surface area contributed by atoms with Crippen molar-refractivity contribution in [2.24, 2.45) is 0 Å². The lowest BCUT2D eigenvalue weighted by Crippen LogP contribution is -2.48. The van der Waals surface area contributed by atoms with E-state index in [1.807, 2.05) is 13.0 Å². The van der Waals surface area contributed by atoms with Gasteiger partial charge in [0.15, 0.2) is 5.78 Å². The van der Waals surface area contributed by atoms with Gasteiger partial charge in [-0.1, -0.05) is 18.2 Å². The summed E-state index contributed by atoms with van der Waals surface area (Å²) < 4.78 is 10.9. The van der Waals surface area contributed by atoms with E-state index in [4.69, 9.17) is 9.15 Å². The van der Waals surface area contributed by atoms with Gasteiger partial charge in [0.2, 0.25) is 0 Å². The van der Waals surface area contributed by atoms with Crippen LogP contribution in [0.2, 0.25) is 0 Å². The van der Waals surface area contributed by atoms with Gasteiger partial charge < -0.3 is 14.1 Å². The van der Waals surface area contributed by atoms with Crippen LogP contribution in [0.5, 0.6) is 5.75 Å². The minimum Gasteiger partial charge on any atom is -0.494 e.